The van der Waals surface area contributed by atoms with Crippen LogP contribution in [0.2, 0.25) is 0 Å². The first-order chi connectivity index (χ1) is 12.3. The summed E-state index contributed by atoms with van der Waals surface area (Å²) in [6.45, 7) is 5.70. The van der Waals surface area contributed by atoms with Crippen molar-refractivity contribution in [3.05, 3.63) is 39.9 Å². The highest BCUT2D eigenvalue weighted by atomic mass is 79.9. The molecule has 2 rings (SSSR count). The normalized spacial score (nSPS) is 21.8. The van der Waals surface area contributed by atoms with Gasteiger partial charge in [0, 0.05) is 15.6 Å². The summed E-state index contributed by atoms with van der Waals surface area (Å²) in [5.74, 6) is -0.951. The number of carbonyl (C=O) groups excluding carboxylic acids is 1. The van der Waals surface area contributed by atoms with E-state index in [0.29, 0.717) is 11.1 Å². The second-order valence-electron chi connectivity index (χ2n) is 6.67. The Morgan fingerprint density at radius 2 is 1.92 bits per heavy atom. The van der Waals surface area contributed by atoms with Crippen molar-refractivity contribution in [2.24, 2.45) is 17.3 Å². The Morgan fingerprint density at radius 3 is 2.38 bits per heavy atom. The molecule has 0 unspecified atom stereocenters. The molecule has 0 saturated heterocycles. The van der Waals surface area contributed by atoms with E-state index in [9.17, 15) is 20.4 Å². The number of hydrogen-bond donors (Lipinski definition) is 1. The molecule has 6 heteroatoms. The predicted octanol–water partition coefficient (Wildman–Crippen LogP) is 3.84. The van der Waals surface area contributed by atoms with Crippen LogP contribution >= 0.6 is 15.9 Å². The number of halogens is 1. The summed E-state index contributed by atoms with van der Waals surface area (Å²) < 4.78 is 6.03. The van der Waals surface area contributed by atoms with Gasteiger partial charge < -0.3 is 9.84 Å². The lowest BCUT2D eigenvalue weighted by molar-refractivity contribution is -0.139. The number of nitriles is 2. The van der Waals surface area contributed by atoms with E-state index < -0.39 is 23.4 Å². The summed E-state index contributed by atoms with van der Waals surface area (Å²) >= 11 is 3.35. The quantitative estimate of drug-likeness (QED) is 0.752. The van der Waals surface area contributed by atoms with Crippen molar-refractivity contribution in [2.75, 3.05) is 6.61 Å². The van der Waals surface area contributed by atoms with Gasteiger partial charge in [0.05, 0.1) is 24.8 Å². The zero-order valence-corrected chi connectivity index (χ0v) is 16.6. The highest BCUT2D eigenvalue weighted by Crippen LogP contribution is 2.50. The minimum Gasteiger partial charge on any atom is -0.463 e. The van der Waals surface area contributed by atoms with E-state index in [2.05, 4.69) is 15.9 Å². The van der Waals surface area contributed by atoms with Crippen LogP contribution in [-0.2, 0) is 9.53 Å². The van der Waals surface area contributed by atoms with Crippen molar-refractivity contribution in [3.8, 4) is 12.1 Å². The molecule has 2 atom stereocenters. The van der Waals surface area contributed by atoms with E-state index in [1.54, 1.807) is 31.2 Å². The average Bonchev–Trinajstić information content (AvgIpc) is 2.62. The van der Waals surface area contributed by atoms with Crippen LogP contribution in [0.1, 0.15) is 32.8 Å². The lowest BCUT2D eigenvalue weighted by Gasteiger charge is -2.41. The zero-order chi connectivity index (χ0) is 19.5. The monoisotopic (exact) mass is 416 g/mol. The Morgan fingerprint density at radius 1 is 1.35 bits per heavy atom. The summed E-state index contributed by atoms with van der Waals surface area (Å²) in [5, 5.41) is 30.7. The van der Waals surface area contributed by atoms with Crippen molar-refractivity contribution >= 4 is 27.5 Å². The molecule has 0 aromatic heterocycles. The second-order valence-corrected chi connectivity index (χ2v) is 7.59. The number of rotatable bonds is 4. The number of hydrogen-bond acceptors (Lipinski definition) is 5. The molecule has 1 aromatic rings. The SMILES string of the molecule is CCOC(=O)C1=C(c2ccc(Br)cc2)C(C#N)(C#N)[C@@H](O)[C@H](C(C)C)C1. The van der Waals surface area contributed by atoms with Gasteiger partial charge in [0.25, 0.3) is 0 Å². The van der Waals surface area contributed by atoms with Crippen molar-refractivity contribution in [1.82, 2.24) is 0 Å². The van der Waals surface area contributed by atoms with E-state index in [0.717, 1.165) is 4.47 Å². The van der Waals surface area contributed by atoms with Crippen LogP contribution < -0.4 is 0 Å². The number of aliphatic hydroxyl groups is 1. The number of nitrogens with zero attached hydrogens (tertiary/aromatic N) is 2. The van der Waals surface area contributed by atoms with Crippen LogP contribution in [-0.4, -0.2) is 23.8 Å². The Hall–Kier alpha value is -2.15. The predicted molar refractivity (Wildman–Crippen MR) is 100 cm³/mol. The molecule has 26 heavy (non-hydrogen) atoms. The molecule has 0 aliphatic heterocycles. The third-order valence-corrected chi connectivity index (χ3v) is 5.38. The Balaban J connectivity index is 2.82. The first-order valence-electron chi connectivity index (χ1n) is 8.49. The van der Waals surface area contributed by atoms with E-state index in [-0.39, 0.29) is 24.5 Å². The molecule has 0 amide bonds. The van der Waals surface area contributed by atoms with Gasteiger partial charge >= 0.3 is 5.97 Å². The van der Waals surface area contributed by atoms with Gasteiger partial charge in [-0.3, -0.25) is 0 Å². The lowest BCUT2D eigenvalue weighted by atomic mass is 9.61. The highest BCUT2D eigenvalue weighted by Gasteiger charge is 2.53. The minimum absolute atomic E-state index is 0.0121. The average molecular weight is 417 g/mol. The molecule has 0 saturated carbocycles. The summed E-state index contributed by atoms with van der Waals surface area (Å²) in [6.07, 6.45) is -0.942. The van der Waals surface area contributed by atoms with E-state index >= 15 is 0 Å². The Labute approximate surface area is 162 Å². The van der Waals surface area contributed by atoms with Crippen LogP contribution in [0.25, 0.3) is 5.57 Å². The van der Waals surface area contributed by atoms with Crippen molar-refractivity contribution in [3.63, 3.8) is 0 Å². The van der Waals surface area contributed by atoms with Crippen LogP contribution in [0.4, 0.5) is 0 Å². The maximum Gasteiger partial charge on any atom is 0.334 e. The lowest BCUT2D eigenvalue weighted by Crippen LogP contribution is -2.46. The van der Waals surface area contributed by atoms with Gasteiger partial charge in [-0.15, -0.1) is 0 Å². The van der Waals surface area contributed by atoms with Crippen molar-refractivity contribution in [1.29, 1.82) is 10.5 Å². The van der Waals surface area contributed by atoms with Crippen molar-refractivity contribution < 1.29 is 14.6 Å². The van der Waals surface area contributed by atoms with Gasteiger partial charge in [0.2, 0.25) is 0 Å². The van der Waals surface area contributed by atoms with E-state index in [1.165, 1.54) is 0 Å². The number of aliphatic hydroxyl groups excluding tert-OH is 1. The molecule has 0 spiro atoms. The summed E-state index contributed by atoms with van der Waals surface area (Å²) in [5.41, 5.74) is -0.733. The molecule has 136 valence electrons. The second kappa shape index (κ2) is 8.03. The van der Waals surface area contributed by atoms with E-state index in [4.69, 9.17) is 4.74 Å². The molecule has 0 fully saturated rings. The molecule has 1 aromatic carbocycles. The first kappa shape index (κ1) is 20.2. The molecule has 5 nitrogen and oxygen atoms in total. The topological polar surface area (TPSA) is 94.1 Å². The molecule has 1 aliphatic carbocycles. The van der Waals surface area contributed by atoms with Crippen LogP contribution in [0.3, 0.4) is 0 Å². The maximum atomic E-state index is 12.7. The fourth-order valence-corrected chi connectivity index (χ4v) is 3.71. The van der Waals surface area contributed by atoms with Gasteiger partial charge in [-0.1, -0.05) is 41.9 Å². The van der Waals surface area contributed by atoms with Crippen LogP contribution in [0, 0.1) is 39.9 Å². The standard InChI is InChI=1S/C20H21BrN2O3/c1-4-26-19(25)16-9-15(12(2)3)18(24)20(10-22,11-23)17(16)13-5-7-14(21)8-6-13/h5-8,12,15,18,24H,4,9H2,1-3H3/t15-,18-/m0/s1. The minimum atomic E-state index is -1.83. The summed E-state index contributed by atoms with van der Waals surface area (Å²) in [7, 11) is 0. The van der Waals surface area contributed by atoms with E-state index in [1.807, 2.05) is 26.0 Å². The third-order valence-electron chi connectivity index (χ3n) is 4.85. The smallest absolute Gasteiger partial charge is 0.334 e. The molecule has 0 radical (unpaired) electrons. The maximum absolute atomic E-state index is 12.7. The van der Waals surface area contributed by atoms with Gasteiger partial charge in [0.1, 0.15) is 0 Å². The number of carbonyl (C=O) groups is 1. The number of benzene rings is 1. The van der Waals surface area contributed by atoms with Crippen LogP contribution in [0.15, 0.2) is 34.3 Å². The molecule has 1 aliphatic rings. The van der Waals surface area contributed by atoms with Gasteiger partial charge in [0.15, 0.2) is 5.41 Å². The van der Waals surface area contributed by atoms with Gasteiger partial charge in [-0.2, -0.15) is 10.5 Å². The zero-order valence-electron chi connectivity index (χ0n) is 15.0. The van der Waals surface area contributed by atoms with Crippen molar-refractivity contribution in [2.45, 2.75) is 33.3 Å². The van der Waals surface area contributed by atoms with Gasteiger partial charge in [-0.05, 0) is 42.9 Å². The Bertz CT molecular complexity index is 786. The molecule has 0 heterocycles. The summed E-state index contributed by atoms with van der Waals surface area (Å²) in [6, 6.07) is 11.0. The highest BCUT2D eigenvalue weighted by molar-refractivity contribution is 9.10. The summed E-state index contributed by atoms with van der Waals surface area (Å²) in [4.78, 5) is 12.7. The number of esters is 1. The first-order valence-corrected chi connectivity index (χ1v) is 9.28. The number of ether oxygens (including phenoxy) is 1. The Kier molecular flexibility index (Phi) is 6.23. The molecular formula is C20H21BrN2O3. The molecular weight excluding hydrogens is 396 g/mol. The van der Waals surface area contributed by atoms with Crippen LogP contribution in [0.5, 0.6) is 0 Å². The largest absolute Gasteiger partial charge is 0.463 e. The molecule has 1 N–H and O–H groups in total. The fraction of sp³-hybridized carbons (Fsp3) is 0.450. The third kappa shape index (κ3) is 3.40. The fourth-order valence-electron chi connectivity index (χ4n) is 3.45. The molecule has 0 bridgehead atoms. The van der Waals surface area contributed by atoms with Gasteiger partial charge in [-0.25, -0.2) is 4.79 Å².